The molecular formula is C14H17FN2O4S2. The Labute approximate surface area is 138 Å². The van der Waals surface area contributed by atoms with E-state index in [1.165, 1.54) is 18.3 Å². The smallest absolute Gasteiger partial charge is 0.250 e. The first kappa shape index (κ1) is 16.5. The predicted octanol–water partition coefficient (Wildman–Crippen LogP) is 0.731. The van der Waals surface area contributed by atoms with E-state index in [1.807, 2.05) is 0 Å². The number of nitrogens with zero attached hydrogens (tertiary/aromatic N) is 2. The van der Waals surface area contributed by atoms with Gasteiger partial charge in [-0.05, 0) is 12.1 Å². The number of carbonyl (C=O) groups excluding carboxylic acids is 1. The lowest BCUT2D eigenvalue weighted by Crippen LogP contribution is -2.61. The minimum atomic E-state index is -3.31. The van der Waals surface area contributed by atoms with E-state index in [0.717, 1.165) is 6.26 Å². The lowest BCUT2D eigenvalue weighted by Gasteiger charge is -2.47. The molecule has 2 fully saturated rings. The van der Waals surface area contributed by atoms with E-state index in [0.29, 0.717) is 25.3 Å². The van der Waals surface area contributed by atoms with Crippen LogP contribution in [0.15, 0.2) is 18.3 Å². The zero-order valence-electron chi connectivity index (χ0n) is 12.6. The molecule has 0 aliphatic carbocycles. The SMILES string of the molecule is CS(=O)(=O)CC(=O)N1CC2(C[C@H](Oc3ncccc3F)CS2)C1. The van der Waals surface area contributed by atoms with Crippen LogP contribution in [0.4, 0.5) is 4.39 Å². The molecule has 1 amide bonds. The van der Waals surface area contributed by atoms with Crippen LogP contribution in [0.3, 0.4) is 0 Å². The van der Waals surface area contributed by atoms with Crippen molar-refractivity contribution in [3.05, 3.63) is 24.1 Å². The number of thioether (sulfide) groups is 1. The minimum Gasteiger partial charge on any atom is -0.471 e. The standard InChI is InChI=1S/C14H17FN2O4S2/c1-23(19,20)7-12(18)17-8-14(9-17)5-10(6-22-14)21-13-11(15)3-2-4-16-13/h2-4,10H,5-9H2,1H3/t10-/m0/s1. The van der Waals surface area contributed by atoms with Gasteiger partial charge in [0.2, 0.25) is 5.91 Å². The Bertz CT molecular complexity index is 719. The van der Waals surface area contributed by atoms with Gasteiger partial charge in [-0.3, -0.25) is 4.79 Å². The molecule has 0 unspecified atom stereocenters. The highest BCUT2D eigenvalue weighted by Gasteiger charge is 2.51. The van der Waals surface area contributed by atoms with Gasteiger partial charge >= 0.3 is 0 Å². The Hall–Kier alpha value is -1.35. The molecule has 2 aliphatic heterocycles. The van der Waals surface area contributed by atoms with E-state index >= 15 is 0 Å². The molecule has 1 spiro atoms. The summed E-state index contributed by atoms with van der Waals surface area (Å²) in [4.78, 5) is 17.3. The molecule has 3 rings (SSSR count). The van der Waals surface area contributed by atoms with Crippen LogP contribution >= 0.6 is 11.8 Å². The first-order chi connectivity index (χ1) is 10.8. The van der Waals surface area contributed by atoms with E-state index in [9.17, 15) is 17.6 Å². The summed E-state index contributed by atoms with van der Waals surface area (Å²) in [7, 11) is -3.31. The number of sulfone groups is 1. The number of hydrogen-bond acceptors (Lipinski definition) is 6. The van der Waals surface area contributed by atoms with E-state index in [-0.39, 0.29) is 22.6 Å². The highest BCUT2D eigenvalue weighted by Crippen LogP contribution is 2.46. The zero-order valence-corrected chi connectivity index (χ0v) is 14.2. The summed E-state index contributed by atoms with van der Waals surface area (Å²) in [5.41, 5.74) is 0. The normalized spacial score (nSPS) is 22.9. The second-order valence-corrected chi connectivity index (χ2v) is 9.68. The summed E-state index contributed by atoms with van der Waals surface area (Å²) in [5.74, 6) is -0.605. The molecule has 0 saturated carbocycles. The van der Waals surface area contributed by atoms with Crippen LogP contribution in [0.1, 0.15) is 6.42 Å². The Morgan fingerprint density at radius 1 is 1.57 bits per heavy atom. The molecule has 126 valence electrons. The first-order valence-electron chi connectivity index (χ1n) is 7.13. The van der Waals surface area contributed by atoms with Gasteiger partial charge in [0.25, 0.3) is 5.88 Å². The second kappa shape index (κ2) is 5.94. The van der Waals surface area contributed by atoms with Crippen molar-refractivity contribution in [2.45, 2.75) is 17.3 Å². The number of pyridine rings is 1. The minimum absolute atomic E-state index is 0.000479. The van der Waals surface area contributed by atoms with E-state index < -0.39 is 21.4 Å². The Kier molecular flexibility index (Phi) is 4.26. The van der Waals surface area contributed by atoms with Crippen LogP contribution in [-0.4, -0.2) is 65.9 Å². The maximum atomic E-state index is 13.6. The highest BCUT2D eigenvalue weighted by molar-refractivity contribution is 8.01. The molecule has 1 aromatic rings. The number of carbonyl (C=O) groups is 1. The van der Waals surface area contributed by atoms with Crippen molar-refractivity contribution in [2.24, 2.45) is 0 Å². The van der Waals surface area contributed by atoms with Crippen molar-refractivity contribution < 1.29 is 22.3 Å². The second-order valence-electron chi connectivity index (χ2n) is 6.05. The molecule has 23 heavy (non-hydrogen) atoms. The lowest BCUT2D eigenvalue weighted by molar-refractivity contribution is -0.133. The van der Waals surface area contributed by atoms with E-state index in [4.69, 9.17) is 4.74 Å². The van der Waals surface area contributed by atoms with Gasteiger partial charge in [-0.25, -0.2) is 17.8 Å². The monoisotopic (exact) mass is 360 g/mol. The number of halogens is 1. The summed E-state index contributed by atoms with van der Waals surface area (Å²) >= 11 is 1.69. The maximum Gasteiger partial charge on any atom is 0.250 e. The van der Waals surface area contributed by atoms with Gasteiger partial charge in [0.1, 0.15) is 11.9 Å². The van der Waals surface area contributed by atoms with Crippen molar-refractivity contribution in [3.63, 3.8) is 0 Å². The van der Waals surface area contributed by atoms with Gasteiger partial charge in [-0.15, -0.1) is 11.8 Å². The molecule has 0 radical (unpaired) electrons. The third-order valence-electron chi connectivity index (χ3n) is 3.87. The van der Waals surface area contributed by atoms with Crippen molar-refractivity contribution >= 4 is 27.5 Å². The summed E-state index contributed by atoms with van der Waals surface area (Å²) < 4.78 is 41.4. The molecule has 3 heterocycles. The van der Waals surface area contributed by atoms with Crippen LogP contribution in [0.25, 0.3) is 0 Å². The van der Waals surface area contributed by atoms with E-state index in [1.54, 1.807) is 16.7 Å². The topological polar surface area (TPSA) is 76.6 Å². The Morgan fingerprint density at radius 3 is 2.96 bits per heavy atom. The van der Waals surface area contributed by atoms with Crippen molar-refractivity contribution in [3.8, 4) is 5.88 Å². The van der Waals surface area contributed by atoms with Crippen LogP contribution in [0.5, 0.6) is 5.88 Å². The number of hydrogen-bond donors (Lipinski definition) is 0. The number of ether oxygens (including phenoxy) is 1. The fourth-order valence-electron chi connectivity index (χ4n) is 2.86. The maximum absolute atomic E-state index is 13.6. The molecule has 6 nitrogen and oxygen atoms in total. The molecule has 0 N–H and O–H groups in total. The third kappa shape index (κ3) is 3.77. The Balaban J connectivity index is 1.53. The number of amides is 1. The van der Waals surface area contributed by atoms with Crippen molar-refractivity contribution in [2.75, 3.05) is 30.9 Å². The summed E-state index contributed by atoms with van der Waals surface area (Å²) in [5, 5.41) is 0. The zero-order chi connectivity index (χ0) is 16.7. The third-order valence-corrected chi connectivity index (χ3v) is 6.22. The van der Waals surface area contributed by atoms with Gasteiger partial charge in [0.15, 0.2) is 15.7 Å². The summed E-state index contributed by atoms with van der Waals surface area (Å²) in [6.45, 7) is 1.02. The van der Waals surface area contributed by atoms with Gasteiger partial charge in [-0.2, -0.15) is 0 Å². The fourth-order valence-corrected chi connectivity index (χ4v) is 5.01. The van der Waals surface area contributed by atoms with Crippen molar-refractivity contribution in [1.29, 1.82) is 0 Å². The molecule has 1 atom stereocenters. The number of aromatic nitrogens is 1. The molecule has 2 aliphatic rings. The quantitative estimate of drug-likeness (QED) is 0.788. The van der Waals surface area contributed by atoms with Gasteiger partial charge in [0, 0.05) is 37.7 Å². The average Bonchev–Trinajstić information content (AvgIpc) is 2.82. The highest BCUT2D eigenvalue weighted by atomic mass is 32.2. The average molecular weight is 360 g/mol. The van der Waals surface area contributed by atoms with Crippen molar-refractivity contribution in [1.82, 2.24) is 9.88 Å². The molecule has 0 aromatic carbocycles. The summed E-state index contributed by atoms with van der Waals surface area (Å²) in [6, 6.07) is 2.80. The fraction of sp³-hybridized carbons (Fsp3) is 0.571. The molecule has 2 saturated heterocycles. The van der Waals surface area contributed by atoms with Crippen LogP contribution < -0.4 is 4.74 Å². The van der Waals surface area contributed by atoms with Gasteiger partial charge < -0.3 is 9.64 Å². The predicted molar refractivity (Wildman–Crippen MR) is 84.7 cm³/mol. The molecule has 9 heteroatoms. The largest absolute Gasteiger partial charge is 0.471 e. The first-order valence-corrected chi connectivity index (χ1v) is 10.2. The van der Waals surface area contributed by atoms with Gasteiger partial charge in [-0.1, -0.05) is 0 Å². The molecular weight excluding hydrogens is 343 g/mol. The molecule has 1 aromatic heterocycles. The molecule has 0 bridgehead atoms. The van der Waals surface area contributed by atoms with Crippen LogP contribution in [0.2, 0.25) is 0 Å². The van der Waals surface area contributed by atoms with Crippen LogP contribution in [-0.2, 0) is 14.6 Å². The number of likely N-dealkylation sites (tertiary alicyclic amines) is 1. The summed E-state index contributed by atoms with van der Waals surface area (Å²) in [6.07, 6.45) is 3.06. The Morgan fingerprint density at radius 2 is 2.30 bits per heavy atom. The van der Waals surface area contributed by atoms with Gasteiger partial charge in [0.05, 0.1) is 4.75 Å². The van der Waals surface area contributed by atoms with Crippen LogP contribution in [0, 0.1) is 5.82 Å². The number of rotatable bonds is 4. The lowest BCUT2D eigenvalue weighted by atomic mass is 9.93. The van der Waals surface area contributed by atoms with E-state index in [2.05, 4.69) is 4.98 Å².